The summed E-state index contributed by atoms with van der Waals surface area (Å²) in [7, 11) is 0. The third-order valence-corrected chi connectivity index (χ3v) is 4.66. The van der Waals surface area contributed by atoms with Crippen molar-refractivity contribution in [3.63, 3.8) is 0 Å². The summed E-state index contributed by atoms with van der Waals surface area (Å²) in [4.78, 5) is 0. The summed E-state index contributed by atoms with van der Waals surface area (Å²) in [5.41, 5.74) is 2.56. The molecule has 0 aliphatic carbocycles. The molecule has 0 spiro atoms. The fourth-order valence-corrected chi connectivity index (χ4v) is 3.15. The molecule has 0 unspecified atom stereocenters. The van der Waals surface area contributed by atoms with E-state index in [0.717, 1.165) is 16.8 Å². The van der Waals surface area contributed by atoms with Gasteiger partial charge in [0.25, 0.3) is 0 Å². The Morgan fingerprint density at radius 1 is 0.929 bits per heavy atom. The van der Waals surface area contributed by atoms with E-state index in [2.05, 4.69) is 5.32 Å². The Labute approximate surface area is 174 Å². The summed E-state index contributed by atoms with van der Waals surface area (Å²) < 4.78 is 24.9. The van der Waals surface area contributed by atoms with Gasteiger partial charge < -0.3 is 14.8 Å². The van der Waals surface area contributed by atoms with Gasteiger partial charge in [-0.05, 0) is 49.4 Å². The number of halogens is 3. The van der Waals surface area contributed by atoms with Crippen LogP contribution in [0.4, 0.5) is 10.1 Å². The number of hydrogen-bond donors (Lipinski definition) is 1. The van der Waals surface area contributed by atoms with Gasteiger partial charge in [0.15, 0.2) is 11.5 Å². The molecule has 0 aromatic heterocycles. The molecule has 1 N–H and O–H groups in total. The van der Waals surface area contributed by atoms with Crippen molar-refractivity contribution in [1.29, 1.82) is 0 Å². The molecule has 0 saturated heterocycles. The van der Waals surface area contributed by atoms with Crippen molar-refractivity contribution in [3.05, 3.63) is 87.7 Å². The van der Waals surface area contributed by atoms with E-state index in [1.54, 1.807) is 24.3 Å². The van der Waals surface area contributed by atoms with Gasteiger partial charge in [-0.3, -0.25) is 0 Å². The molecule has 0 saturated carbocycles. The van der Waals surface area contributed by atoms with E-state index in [1.807, 2.05) is 31.2 Å². The SMILES string of the molecule is CCOc1cccc(CNc2ccc(F)cc2)c1OCc1ccc(Cl)cc1Cl. The average molecular weight is 420 g/mol. The smallest absolute Gasteiger partial charge is 0.166 e. The van der Waals surface area contributed by atoms with Crippen molar-refractivity contribution in [1.82, 2.24) is 0 Å². The fraction of sp³-hybridized carbons (Fsp3) is 0.182. The van der Waals surface area contributed by atoms with Gasteiger partial charge in [0.05, 0.1) is 6.61 Å². The van der Waals surface area contributed by atoms with Gasteiger partial charge in [0, 0.05) is 33.4 Å². The predicted molar refractivity (Wildman–Crippen MR) is 112 cm³/mol. The molecule has 0 aliphatic rings. The fourth-order valence-electron chi connectivity index (χ4n) is 2.69. The van der Waals surface area contributed by atoms with E-state index < -0.39 is 0 Å². The molecule has 28 heavy (non-hydrogen) atoms. The molecule has 0 radical (unpaired) electrons. The van der Waals surface area contributed by atoms with Crippen molar-refractivity contribution in [2.24, 2.45) is 0 Å². The molecule has 3 rings (SSSR count). The average Bonchev–Trinajstić information content (AvgIpc) is 2.68. The van der Waals surface area contributed by atoms with E-state index in [-0.39, 0.29) is 12.4 Å². The highest BCUT2D eigenvalue weighted by Crippen LogP contribution is 2.33. The molecule has 0 heterocycles. The van der Waals surface area contributed by atoms with Crippen LogP contribution in [-0.4, -0.2) is 6.61 Å². The summed E-state index contributed by atoms with van der Waals surface area (Å²) in [6, 6.07) is 17.2. The van der Waals surface area contributed by atoms with E-state index in [0.29, 0.717) is 34.7 Å². The third kappa shape index (κ3) is 5.31. The number of ether oxygens (including phenoxy) is 2. The highest BCUT2D eigenvalue weighted by atomic mass is 35.5. The maximum atomic E-state index is 13.1. The third-order valence-electron chi connectivity index (χ3n) is 4.07. The second kappa shape index (κ2) is 9.67. The van der Waals surface area contributed by atoms with Crippen molar-refractivity contribution in [2.45, 2.75) is 20.1 Å². The van der Waals surface area contributed by atoms with Crippen LogP contribution in [0.1, 0.15) is 18.1 Å². The minimum Gasteiger partial charge on any atom is -0.490 e. The molecular formula is C22H20Cl2FNO2. The highest BCUT2D eigenvalue weighted by Gasteiger charge is 2.13. The Balaban J connectivity index is 1.79. The van der Waals surface area contributed by atoms with Crippen LogP contribution < -0.4 is 14.8 Å². The van der Waals surface area contributed by atoms with Crippen LogP contribution in [0.3, 0.4) is 0 Å². The van der Waals surface area contributed by atoms with Crippen LogP contribution in [0.25, 0.3) is 0 Å². The lowest BCUT2D eigenvalue weighted by Crippen LogP contribution is -2.06. The van der Waals surface area contributed by atoms with Crippen molar-refractivity contribution < 1.29 is 13.9 Å². The van der Waals surface area contributed by atoms with Crippen LogP contribution >= 0.6 is 23.2 Å². The number of nitrogens with one attached hydrogen (secondary N) is 1. The molecule has 0 fully saturated rings. The number of hydrogen-bond acceptors (Lipinski definition) is 3. The minimum atomic E-state index is -0.271. The quantitative estimate of drug-likeness (QED) is 0.439. The van der Waals surface area contributed by atoms with Crippen molar-refractivity contribution in [3.8, 4) is 11.5 Å². The zero-order chi connectivity index (χ0) is 19.9. The van der Waals surface area contributed by atoms with Gasteiger partial charge in [-0.1, -0.05) is 41.4 Å². The lowest BCUT2D eigenvalue weighted by molar-refractivity contribution is 0.267. The van der Waals surface area contributed by atoms with Crippen molar-refractivity contribution in [2.75, 3.05) is 11.9 Å². The maximum absolute atomic E-state index is 13.1. The maximum Gasteiger partial charge on any atom is 0.166 e. The van der Waals surface area contributed by atoms with Gasteiger partial charge in [0.1, 0.15) is 12.4 Å². The second-order valence-electron chi connectivity index (χ2n) is 6.06. The molecule has 6 heteroatoms. The van der Waals surface area contributed by atoms with Crippen LogP contribution in [0.2, 0.25) is 10.0 Å². The first-order valence-corrected chi connectivity index (χ1v) is 9.63. The van der Waals surface area contributed by atoms with Crippen LogP contribution in [0.15, 0.2) is 60.7 Å². The zero-order valence-electron chi connectivity index (χ0n) is 15.3. The Morgan fingerprint density at radius 2 is 1.71 bits per heavy atom. The van der Waals surface area contributed by atoms with E-state index in [4.69, 9.17) is 32.7 Å². The summed E-state index contributed by atoms with van der Waals surface area (Å²) in [5, 5.41) is 4.39. The monoisotopic (exact) mass is 419 g/mol. The minimum absolute atomic E-state index is 0.271. The summed E-state index contributed by atoms with van der Waals surface area (Å²) >= 11 is 12.2. The molecular weight excluding hydrogens is 400 g/mol. The topological polar surface area (TPSA) is 30.5 Å². The first kappa shape index (κ1) is 20.3. The van der Waals surface area contributed by atoms with E-state index in [9.17, 15) is 4.39 Å². The van der Waals surface area contributed by atoms with Gasteiger partial charge in [0.2, 0.25) is 0 Å². The zero-order valence-corrected chi connectivity index (χ0v) is 16.9. The van der Waals surface area contributed by atoms with E-state index >= 15 is 0 Å². The lowest BCUT2D eigenvalue weighted by Gasteiger charge is -2.17. The van der Waals surface area contributed by atoms with Gasteiger partial charge in [-0.2, -0.15) is 0 Å². The van der Waals surface area contributed by atoms with Crippen molar-refractivity contribution >= 4 is 28.9 Å². The number of rotatable bonds is 8. The van der Waals surface area contributed by atoms with Crippen LogP contribution in [0.5, 0.6) is 11.5 Å². The molecule has 0 atom stereocenters. The van der Waals surface area contributed by atoms with Gasteiger partial charge in [-0.15, -0.1) is 0 Å². The molecule has 0 bridgehead atoms. The Kier molecular flexibility index (Phi) is 7.01. The van der Waals surface area contributed by atoms with Gasteiger partial charge in [-0.25, -0.2) is 4.39 Å². The molecule has 3 aromatic rings. The normalized spacial score (nSPS) is 10.6. The van der Waals surface area contributed by atoms with Gasteiger partial charge >= 0.3 is 0 Å². The molecule has 3 nitrogen and oxygen atoms in total. The van der Waals surface area contributed by atoms with Crippen LogP contribution in [-0.2, 0) is 13.2 Å². The molecule has 0 amide bonds. The highest BCUT2D eigenvalue weighted by molar-refractivity contribution is 6.35. The Bertz CT molecular complexity index is 932. The molecule has 3 aromatic carbocycles. The number of para-hydroxylation sites is 1. The van der Waals surface area contributed by atoms with E-state index in [1.165, 1.54) is 12.1 Å². The number of anilines is 1. The Hall–Kier alpha value is -2.43. The Morgan fingerprint density at radius 3 is 2.43 bits per heavy atom. The number of benzene rings is 3. The standard InChI is InChI=1S/C22H20Cl2FNO2/c1-2-27-21-5-3-4-15(13-26-19-10-8-18(25)9-11-19)22(21)28-14-16-6-7-17(23)12-20(16)24/h3-12,26H,2,13-14H2,1H3. The second-order valence-corrected chi connectivity index (χ2v) is 6.91. The first-order chi connectivity index (χ1) is 13.6. The summed E-state index contributed by atoms with van der Waals surface area (Å²) in [6.45, 7) is 3.22. The lowest BCUT2D eigenvalue weighted by atomic mass is 10.1. The summed E-state index contributed by atoms with van der Waals surface area (Å²) in [5.74, 6) is 1.03. The predicted octanol–water partition coefficient (Wildman–Crippen LogP) is 6.72. The molecule has 146 valence electrons. The molecule has 0 aliphatic heterocycles. The largest absolute Gasteiger partial charge is 0.490 e. The first-order valence-electron chi connectivity index (χ1n) is 8.87. The van der Waals surface area contributed by atoms with Crippen LogP contribution in [0, 0.1) is 5.82 Å². The summed E-state index contributed by atoms with van der Waals surface area (Å²) in [6.07, 6.45) is 0.